The molecule has 1 heterocycles. The first-order valence-corrected chi connectivity index (χ1v) is 9.59. The van der Waals surface area contributed by atoms with Gasteiger partial charge < -0.3 is 4.74 Å². The summed E-state index contributed by atoms with van der Waals surface area (Å²) in [6.07, 6.45) is -0.00366. The van der Waals surface area contributed by atoms with E-state index in [-0.39, 0.29) is 12.1 Å². The lowest BCUT2D eigenvalue weighted by atomic mass is 10.00. The molecular formula is C19H23NO3S. The molecule has 1 aliphatic rings. The van der Waals surface area contributed by atoms with Crippen LogP contribution in [0.2, 0.25) is 0 Å². The van der Waals surface area contributed by atoms with Gasteiger partial charge in [-0.05, 0) is 44.0 Å². The minimum atomic E-state index is -3.58. The molecule has 0 spiro atoms. The molecule has 0 amide bonds. The zero-order valence-corrected chi connectivity index (χ0v) is 15.1. The average Bonchev–Trinajstić information content (AvgIpc) is 3.39. The Bertz CT molecular complexity index is 814. The number of hydrogen-bond donors (Lipinski definition) is 0. The minimum absolute atomic E-state index is 0.00366. The number of aryl methyl sites for hydroxylation is 2. The molecule has 0 N–H and O–H groups in total. The molecule has 24 heavy (non-hydrogen) atoms. The summed E-state index contributed by atoms with van der Waals surface area (Å²) < 4.78 is 33.2. The molecule has 4 nitrogen and oxygen atoms in total. The van der Waals surface area contributed by atoms with Crippen LogP contribution in [-0.4, -0.2) is 32.0 Å². The lowest BCUT2D eigenvalue weighted by Crippen LogP contribution is -2.37. The molecule has 1 aliphatic heterocycles. The van der Waals surface area contributed by atoms with Gasteiger partial charge >= 0.3 is 0 Å². The summed E-state index contributed by atoms with van der Waals surface area (Å²) >= 11 is 0. The van der Waals surface area contributed by atoms with Gasteiger partial charge in [-0.15, -0.1) is 0 Å². The monoisotopic (exact) mass is 345 g/mol. The Kier molecular flexibility index (Phi) is 4.76. The van der Waals surface area contributed by atoms with Gasteiger partial charge in [0.1, 0.15) is 0 Å². The van der Waals surface area contributed by atoms with E-state index in [1.54, 1.807) is 28.6 Å². The van der Waals surface area contributed by atoms with E-state index in [2.05, 4.69) is 6.07 Å². The molecule has 0 aliphatic carbocycles. The van der Waals surface area contributed by atoms with Crippen LogP contribution in [0, 0.1) is 13.8 Å². The quantitative estimate of drug-likeness (QED) is 0.754. The highest BCUT2D eigenvalue weighted by Gasteiger charge is 2.36. The van der Waals surface area contributed by atoms with Gasteiger partial charge in [-0.2, -0.15) is 4.31 Å². The molecule has 5 heteroatoms. The van der Waals surface area contributed by atoms with E-state index in [0.717, 1.165) is 16.7 Å². The third kappa shape index (κ3) is 3.53. The Morgan fingerprint density at radius 2 is 1.83 bits per heavy atom. The van der Waals surface area contributed by atoms with Gasteiger partial charge in [0.05, 0.1) is 17.6 Å². The minimum Gasteiger partial charge on any atom is -0.372 e. The normalized spacial score (nSPS) is 18.6. The standard InChI is InChI=1S/C19H23NO3S/c1-14-9-10-15(2)19(11-14)16(3)20(12-17-13-23-17)24(21,22)18-7-5-4-6-8-18/h4-11,16-17H,12-13H2,1-3H3. The molecule has 0 bridgehead atoms. The van der Waals surface area contributed by atoms with Gasteiger partial charge in [-0.1, -0.05) is 42.0 Å². The topological polar surface area (TPSA) is 49.9 Å². The Morgan fingerprint density at radius 3 is 2.46 bits per heavy atom. The van der Waals surface area contributed by atoms with Crippen LogP contribution in [0.5, 0.6) is 0 Å². The van der Waals surface area contributed by atoms with Gasteiger partial charge in [0.25, 0.3) is 0 Å². The summed E-state index contributed by atoms with van der Waals surface area (Å²) in [4.78, 5) is 0.322. The molecule has 0 saturated carbocycles. The van der Waals surface area contributed by atoms with Crippen LogP contribution in [0.3, 0.4) is 0 Å². The predicted molar refractivity (Wildman–Crippen MR) is 94.4 cm³/mol. The predicted octanol–water partition coefficient (Wildman–Crippen LogP) is 3.45. The molecule has 2 atom stereocenters. The van der Waals surface area contributed by atoms with Gasteiger partial charge in [-0.3, -0.25) is 0 Å². The molecular weight excluding hydrogens is 322 g/mol. The maximum absolute atomic E-state index is 13.2. The number of epoxide rings is 1. The molecule has 0 radical (unpaired) electrons. The Balaban J connectivity index is 2.01. The Labute approximate surface area is 144 Å². The zero-order valence-electron chi connectivity index (χ0n) is 14.3. The van der Waals surface area contributed by atoms with Crippen LogP contribution in [0.25, 0.3) is 0 Å². The van der Waals surface area contributed by atoms with E-state index in [4.69, 9.17) is 4.74 Å². The summed E-state index contributed by atoms with van der Waals surface area (Å²) in [5.41, 5.74) is 3.26. The van der Waals surface area contributed by atoms with E-state index < -0.39 is 10.0 Å². The van der Waals surface area contributed by atoms with Crippen LogP contribution < -0.4 is 0 Å². The van der Waals surface area contributed by atoms with Gasteiger partial charge in [0, 0.05) is 12.6 Å². The second-order valence-electron chi connectivity index (χ2n) is 6.38. The van der Waals surface area contributed by atoms with Crippen molar-refractivity contribution in [2.45, 2.75) is 37.8 Å². The molecule has 2 aromatic rings. The van der Waals surface area contributed by atoms with Crippen LogP contribution >= 0.6 is 0 Å². The van der Waals surface area contributed by atoms with Crippen molar-refractivity contribution in [1.29, 1.82) is 0 Å². The summed E-state index contributed by atoms with van der Waals surface area (Å²) in [6.45, 7) is 7.00. The molecule has 1 saturated heterocycles. The van der Waals surface area contributed by atoms with Crippen molar-refractivity contribution >= 4 is 10.0 Å². The van der Waals surface area contributed by atoms with Crippen molar-refractivity contribution in [3.8, 4) is 0 Å². The first kappa shape index (κ1) is 17.1. The van der Waals surface area contributed by atoms with Crippen LogP contribution in [-0.2, 0) is 14.8 Å². The number of hydrogen-bond acceptors (Lipinski definition) is 3. The van der Waals surface area contributed by atoms with E-state index >= 15 is 0 Å². The van der Waals surface area contributed by atoms with E-state index in [1.165, 1.54) is 0 Å². The highest BCUT2D eigenvalue weighted by Crippen LogP contribution is 2.31. The van der Waals surface area contributed by atoms with Crippen LogP contribution in [0.1, 0.15) is 29.7 Å². The Hall–Kier alpha value is -1.69. The summed E-state index contributed by atoms with van der Waals surface area (Å²) in [5, 5.41) is 0. The summed E-state index contributed by atoms with van der Waals surface area (Å²) in [7, 11) is -3.58. The lowest BCUT2D eigenvalue weighted by molar-refractivity contribution is 0.295. The van der Waals surface area contributed by atoms with Crippen molar-refractivity contribution < 1.29 is 13.2 Å². The fraction of sp³-hybridized carbons (Fsp3) is 0.368. The van der Waals surface area contributed by atoms with Crippen molar-refractivity contribution in [3.63, 3.8) is 0 Å². The number of benzene rings is 2. The number of rotatable bonds is 6. The smallest absolute Gasteiger partial charge is 0.243 e. The highest BCUT2D eigenvalue weighted by atomic mass is 32.2. The molecule has 128 valence electrons. The van der Waals surface area contributed by atoms with Crippen molar-refractivity contribution in [3.05, 3.63) is 65.2 Å². The molecule has 2 aromatic carbocycles. The number of nitrogens with zero attached hydrogens (tertiary/aromatic N) is 1. The Morgan fingerprint density at radius 1 is 1.17 bits per heavy atom. The lowest BCUT2D eigenvalue weighted by Gasteiger charge is -2.29. The fourth-order valence-electron chi connectivity index (χ4n) is 2.93. The summed E-state index contributed by atoms with van der Waals surface area (Å²) in [6, 6.07) is 14.5. The first-order chi connectivity index (χ1) is 11.4. The fourth-order valence-corrected chi connectivity index (χ4v) is 4.60. The third-order valence-corrected chi connectivity index (χ3v) is 6.40. The van der Waals surface area contributed by atoms with Gasteiger partial charge in [0.15, 0.2) is 0 Å². The van der Waals surface area contributed by atoms with Gasteiger partial charge in [0.2, 0.25) is 10.0 Å². The highest BCUT2D eigenvalue weighted by molar-refractivity contribution is 7.89. The maximum Gasteiger partial charge on any atom is 0.243 e. The molecule has 1 fully saturated rings. The zero-order chi connectivity index (χ0) is 17.3. The second kappa shape index (κ2) is 6.67. The number of sulfonamides is 1. The third-order valence-electron chi connectivity index (χ3n) is 4.45. The first-order valence-electron chi connectivity index (χ1n) is 8.15. The average molecular weight is 345 g/mol. The summed E-state index contributed by atoms with van der Waals surface area (Å²) in [5.74, 6) is 0. The van der Waals surface area contributed by atoms with E-state index in [9.17, 15) is 8.42 Å². The van der Waals surface area contributed by atoms with E-state index in [0.29, 0.717) is 18.0 Å². The van der Waals surface area contributed by atoms with Crippen molar-refractivity contribution in [2.75, 3.05) is 13.2 Å². The largest absolute Gasteiger partial charge is 0.372 e. The van der Waals surface area contributed by atoms with Crippen molar-refractivity contribution in [1.82, 2.24) is 4.31 Å². The van der Waals surface area contributed by atoms with E-state index in [1.807, 2.05) is 39.0 Å². The van der Waals surface area contributed by atoms with Crippen LogP contribution in [0.4, 0.5) is 0 Å². The van der Waals surface area contributed by atoms with Crippen LogP contribution in [0.15, 0.2) is 53.4 Å². The molecule has 3 rings (SSSR count). The van der Waals surface area contributed by atoms with Gasteiger partial charge in [-0.25, -0.2) is 8.42 Å². The van der Waals surface area contributed by atoms with Crippen molar-refractivity contribution in [2.24, 2.45) is 0 Å². The molecule has 2 unspecified atom stereocenters. The SMILES string of the molecule is Cc1ccc(C)c(C(C)N(CC2CO2)S(=O)(=O)c2ccccc2)c1. The second-order valence-corrected chi connectivity index (χ2v) is 8.27. The molecule has 0 aromatic heterocycles. The maximum atomic E-state index is 13.2. The number of ether oxygens (including phenoxy) is 1.